The minimum absolute atomic E-state index is 0.800. The summed E-state index contributed by atoms with van der Waals surface area (Å²) < 4.78 is 0. The number of aliphatic imine (C=N–C) groups is 1. The number of benzene rings is 1. The number of aryl methyl sites for hydroxylation is 1. The Bertz CT molecular complexity index is 465. The van der Waals surface area contributed by atoms with Crippen molar-refractivity contribution in [3.8, 4) is 0 Å². The predicted octanol–water partition coefficient (Wildman–Crippen LogP) is 1.98. The molecule has 5 heteroatoms. The third kappa shape index (κ3) is 3.13. The Labute approximate surface area is 120 Å². The van der Waals surface area contributed by atoms with E-state index in [0.717, 1.165) is 37.2 Å². The molecule has 1 aromatic rings. The van der Waals surface area contributed by atoms with E-state index in [9.17, 15) is 0 Å². The van der Waals surface area contributed by atoms with Crippen molar-refractivity contribution >= 4 is 23.2 Å². The molecule has 19 heavy (non-hydrogen) atoms. The molecule has 0 atom stereocenters. The molecule has 0 radical (unpaired) electrons. The maximum absolute atomic E-state index is 6.09. The molecule has 4 nitrogen and oxygen atoms in total. The van der Waals surface area contributed by atoms with Crippen molar-refractivity contribution in [2.75, 3.05) is 45.2 Å². The van der Waals surface area contributed by atoms with Gasteiger partial charge in [-0.25, -0.2) is 0 Å². The molecule has 2 rings (SSSR count). The Kier molecular flexibility index (Phi) is 4.53. The average molecular weight is 281 g/mol. The van der Waals surface area contributed by atoms with Gasteiger partial charge in [0.2, 0.25) is 0 Å². The minimum Gasteiger partial charge on any atom is -0.368 e. The molecule has 0 amide bonds. The largest absolute Gasteiger partial charge is 0.368 e. The van der Waals surface area contributed by atoms with Crippen molar-refractivity contribution in [1.29, 1.82) is 0 Å². The van der Waals surface area contributed by atoms with Crippen molar-refractivity contribution < 1.29 is 0 Å². The van der Waals surface area contributed by atoms with Crippen LogP contribution in [0.15, 0.2) is 23.2 Å². The lowest BCUT2D eigenvalue weighted by atomic mass is 10.1. The van der Waals surface area contributed by atoms with Gasteiger partial charge in [0, 0.05) is 51.0 Å². The van der Waals surface area contributed by atoms with Crippen molar-refractivity contribution in [1.82, 2.24) is 10.2 Å². The van der Waals surface area contributed by atoms with Crippen LogP contribution in [0.5, 0.6) is 0 Å². The fourth-order valence-electron chi connectivity index (χ4n) is 2.49. The number of nitrogens with zero attached hydrogens (tertiary/aromatic N) is 3. The van der Waals surface area contributed by atoms with E-state index in [1.54, 1.807) is 0 Å². The van der Waals surface area contributed by atoms with Gasteiger partial charge in [-0.2, -0.15) is 0 Å². The quantitative estimate of drug-likeness (QED) is 0.630. The van der Waals surface area contributed by atoms with Gasteiger partial charge in [-0.15, -0.1) is 0 Å². The van der Waals surface area contributed by atoms with E-state index in [1.807, 2.05) is 20.2 Å². The average Bonchev–Trinajstić information content (AvgIpc) is 2.44. The highest BCUT2D eigenvalue weighted by Gasteiger charge is 2.20. The standard InChI is InChI=1S/C14H21ClN4/c1-11-4-5-12(15)10-13(11)18-6-8-19(9-7-18)14(16-2)17-3/h4-5,10H,6-9H2,1-3H3,(H,16,17). The van der Waals surface area contributed by atoms with Crippen LogP contribution in [0.1, 0.15) is 5.56 Å². The molecule has 1 aliphatic rings. The summed E-state index contributed by atoms with van der Waals surface area (Å²) in [6.07, 6.45) is 0. The summed E-state index contributed by atoms with van der Waals surface area (Å²) in [6, 6.07) is 6.08. The number of hydrogen-bond donors (Lipinski definition) is 1. The highest BCUT2D eigenvalue weighted by Crippen LogP contribution is 2.25. The third-order valence-electron chi connectivity index (χ3n) is 3.53. The number of hydrogen-bond acceptors (Lipinski definition) is 2. The number of guanidine groups is 1. The van der Waals surface area contributed by atoms with Gasteiger partial charge in [0.05, 0.1) is 0 Å². The normalized spacial score (nSPS) is 16.7. The Morgan fingerprint density at radius 2 is 1.95 bits per heavy atom. The molecule has 1 saturated heterocycles. The van der Waals surface area contributed by atoms with Gasteiger partial charge in [0.15, 0.2) is 5.96 Å². The Morgan fingerprint density at radius 3 is 2.53 bits per heavy atom. The van der Waals surface area contributed by atoms with Crippen LogP contribution in [0, 0.1) is 6.92 Å². The molecular formula is C14H21ClN4. The van der Waals surface area contributed by atoms with Crippen molar-refractivity contribution in [3.05, 3.63) is 28.8 Å². The third-order valence-corrected chi connectivity index (χ3v) is 3.76. The highest BCUT2D eigenvalue weighted by molar-refractivity contribution is 6.30. The zero-order valence-corrected chi connectivity index (χ0v) is 12.5. The van der Waals surface area contributed by atoms with Gasteiger partial charge < -0.3 is 15.1 Å². The van der Waals surface area contributed by atoms with E-state index >= 15 is 0 Å². The maximum atomic E-state index is 6.09. The van der Waals surface area contributed by atoms with Crippen LogP contribution in [-0.2, 0) is 0 Å². The number of halogens is 1. The lowest BCUT2D eigenvalue weighted by molar-refractivity contribution is 0.375. The molecule has 1 aromatic carbocycles. The topological polar surface area (TPSA) is 30.9 Å². The molecule has 0 unspecified atom stereocenters. The molecule has 0 aromatic heterocycles. The molecule has 0 aliphatic carbocycles. The zero-order chi connectivity index (χ0) is 13.8. The van der Waals surface area contributed by atoms with E-state index in [-0.39, 0.29) is 0 Å². The first-order valence-electron chi connectivity index (χ1n) is 6.56. The van der Waals surface area contributed by atoms with E-state index in [0.29, 0.717) is 0 Å². The smallest absolute Gasteiger partial charge is 0.193 e. The minimum atomic E-state index is 0.800. The lowest BCUT2D eigenvalue weighted by Crippen LogP contribution is -2.52. The highest BCUT2D eigenvalue weighted by atomic mass is 35.5. The second-order valence-electron chi connectivity index (χ2n) is 4.70. The molecule has 104 valence electrons. The number of rotatable bonds is 1. The molecule has 0 spiro atoms. The van der Waals surface area contributed by atoms with Crippen LogP contribution in [0.2, 0.25) is 5.02 Å². The summed E-state index contributed by atoms with van der Waals surface area (Å²) in [4.78, 5) is 8.92. The molecule has 0 saturated carbocycles. The number of piperazine rings is 1. The van der Waals surface area contributed by atoms with Crippen molar-refractivity contribution in [3.63, 3.8) is 0 Å². The van der Waals surface area contributed by atoms with Gasteiger partial charge in [0.1, 0.15) is 0 Å². The monoisotopic (exact) mass is 280 g/mol. The second-order valence-corrected chi connectivity index (χ2v) is 5.14. The summed E-state index contributed by atoms with van der Waals surface area (Å²) in [5.41, 5.74) is 2.52. The van der Waals surface area contributed by atoms with Crippen LogP contribution in [0.25, 0.3) is 0 Å². The van der Waals surface area contributed by atoms with Crippen LogP contribution in [0.4, 0.5) is 5.69 Å². The van der Waals surface area contributed by atoms with Gasteiger partial charge in [-0.3, -0.25) is 4.99 Å². The number of nitrogens with one attached hydrogen (secondary N) is 1. The zero-order valence-electron chi connectivity index (χ0n) is 11.8. The molecule has 1 fully saturated rings. The molecule has 0 bridgehead atoms. The summed E-state index contributed by atoms with van der Waals surface area (Å²) >= 11 is 6.09. The maximum Gasteiger partial charge on any atom is 0.193 e. The van der Waals surface area contributed by atoms with Gasteiger partial charge in [-0.1, -0.05) is 17.7 Å². The predicted molar refractivity (Wildman–Crippen MR) is 82.4 cm³/mol. The van der Waals surface area contributed by atoms with Crippen LogP contribution in [-0.4, -0.2) is 51.1 Å². The Morgan fingerprint density at radius 1 is 1.26 bits per heavy atom. The molecule has 1 aliphatic heterocycles. The van der Waals surface area contributed by atoms with Crippen LogP contribution < -0.4 is 10.2 Å². The fraction of sp³-hybridized carbons (Fsp3) is 0.500. The fourth-order valence-corrected chi connectivity index (χ4v) is 2.66. The van der Waals surface area contributed by atoms with E-state index < -0.39 is 0 Å². The van der Waals surface area contributed by atoms with Crippen LogP contribution in [0.3, 0.4) is 0 Å². The second kappa shape index (κ2) is 6.15. The van der Waals surface area contributed by atoms with Gasteiger partial charge in [0.25, 0.3) is 0 Å². The summed E-state index contributed by atoms with van der Waals surface area (Å²) in [5.74, 6) is 0.961. The van der Waals surface area contributed by atoms with Crippen molar-refractivity contribution in [2.45, 2.75) is 6.92 Å². The Balaban J connectivity index is 2.06. The number of anilines is 1. The van der Waals surface area contributed by atoms with Crippen LogP contribution >= 0.6 is 11.6 Å². The van der Waals surface area contributed by atoms with E-state index in [4.69, 9.17) is 11.6 Å². The molecule has 1 heterocycles. The molecule has 1 N–H and O–H groups in total. The summed E-state index contributed by atoms with van der Waals surface area (Å²) in [5, 5.41) is 3.93. The first-order chi connectivity index (χ1) is 9.15. The SMILES string of the molecule is CN=C(NC)N1CCN(c2cc(Cl)ccc2C)CC1. The summed E-state index contributed by atoms with van der Waals surface area (Å²) in [6.45, 7) is 6.05. The molecular weight excluding hydrogens is 260 g/mol. The van der Waals surface area contributed by atoms with E-state index in [2.05, 4.69) is 39.2 Å². The lowest BCUT2D eigenvalue weighted by Gasteiger charge is -2.38. The van der Waals surface area contributed by atoms with Gasteiger partial charge >= 0.3 is 0 Å². The van der Waals surface area contributed by atoms with Crippen molar-refractivity contribution in [2.24, 2.45) is 4.99 Å². The first kappa shape index (κ1) is 14.0. The Hall–Kier alpha value is -1.42. The first-order valence-corrected chi connectivity index (χ1v) is 6.94. The van der Waals surface area contributed by atoms with E-state index in [1.165, 1.54) is 11.3 Å². The summed E-state index contributed by atoms with van der Waals surface area (Å²) in [7, 11) is 3.73. The van der Waals surface area contributed by atoms with Gasteiger partial charge in [-0.05, 0) is 24.6 Å².